The molecule has 152 valence electrons. The molecule has 1 heterocycles. The molecule has 1 fully saturated rings. The summed E-state index contributed by atoms with van der Waals surface area (Å²) in [5.74, 6) is -1.11. The summed E-state index contributed by atoms with van der Waals surface area (Å²) in [5.41, 5.74) is 1.37. The molecule has 0 bridgehead atoms. The molecule has 1 N–H and O–H groups in total. The maximum atomic E-state index is 12.9. The van der Waals surface area contributed by atoms with E-state index in [-0.39, 0.29) is 6.61 Å². The number of rotatable bonds is 5. The number of urea groups is 1. The van der Waals surface area contributed by atoms with Gasteiger partial charge in [0, 0.05) is 0 Å². The predicted molar refractivity (Wildman–Crippen MR) is 113 cm³/mol. The molecule has 4 rings (SSSR count). The first-order chi connectivity index (χ1) is 14.4. The van der Waals surface area contributed by atoms with E-state index in [1.54, 1.807) is 19.1 Å². The number of ether oxygens (including phenoxy) is 1. The Morgan fingerprint density at radius 2 is 1.70 bits per heavy atom. The average molecular weight is 402 g/mol. The molecular formula is C24H22N2O4. The van der Waals surface area contributed by atoms with Gasteiger partial charge in [-0.2, -0.15) is 0 Å². The molecule has 6 heteroatoms. The minimum Gasteiger partial charge on any atom is -0.459 e. The fourth-order valence-electron chi connectivity index (χ4n) is 3.67. The Labute approximate surface area is 174 Å². The molecule has 0 spiro atoms. The van der Waals surface area contributed by atoms with Gasteiger partial charge in [0.2, 0.25) is 0 Å². The SMILES string of the molecule is Cc1ccc([C@@]2(C)NC(=O)N(CC(=O)OCc3cccc4ccccc34)C2=O)cc1. The van der Waals surface area contributed by atoms with Crippen molar-refractivity contribution < 1.29 is 19.1 Å². The lowest BCUT2D eigenvalue weighted by Crippen LogP contribution is -2.41. The lowest BCUT2D eigenvalue weighted by Gasteiger charge is -2.22. The number of carbonyl (C=O) groups is 3. The van der Waals surface area contributed by atoms with Crippen LogP contribution in [0, 0.1) is 6.92 Å². The fourth-order valence-corrected chi connectivity index (χ4v) is 3.67. The van der Waals surface area contributed by atoms with Crippen LogP contribution in [0.2, 0.25) is 0 Å². The largest absolute Gasteiger partial charge is 0.459 e. The van der Waals surface area contributed by atoms with Gasteiger partial charge in [-0.15, -0.1) is 0 Å². The van der Waals surface area contributed by atoms with Gasteiger partial charge < -0.3 is 10.1 Å². The molecule has 1 aliphatic rings. The first kappa shape index (κ1) is 19.6. The summed E-state index contributed by atoms with van der Waals surface area (Å²) in [6, 6.07) is 20.3. The summed E-state index contributed by atoms with van der Waals surface area (Å²) in [5, 5.41) is 4.74. The Morgan fingerprint density at radius 3 is 2.47 bits per heavy atom. The van der Waals surface area contributed by atoms with E-state index >= 15 is 0 Å². The van der Waals surface area contributed by atoms with Gasteiger partial charge in [-0.25, -0.2) is 4.79 Å². The van der Waals surface area contributed by atoms with Crippen LogP contribution in [0.4, 0.5) is 4.79 Å². The smallest absolute Gasteiger partial charge is 0.326 e. The monoisotopic (exact) mass is 402 g/mol. The van der Waals surface area contributed by atoms with Crippen molar-refractivity contribution in [1.82, 2.24) is 10.2 Å². The second-order valence-corrected chi connectivity index (χ2v) is 7.61. The van der Waals surface area contributed by atoms with Crippen molar-refractivity contribution in [2.45, 2.75) is 26.0 Å². The first-order valence-electron chi connectivity index (χ1n) is 9.72. The highest BCUT2D eigenvalue weighted by Crippen LogP contribution is 2.29. The number of imide groups is 1. The highest BCUT2D eigenvalue weighted by atomic mass is 16.5. The lowest BCUT2D eigenvalue weighted by molar-refractivity contribution is -0.148. The normalized spacial score (nSPS) is 18.5. The standard InChI is InChI=1S/C24H22N2O4/c1-16-10-12-19(13-11-16)24(2)22(28)26(23(29)25-24)14-21(27)30-15-18-8-5-7-17-6-3-4-9-20(17)18/h3-13H,14-15H2,1-2H3,(H,25,29)/t24-/m1/s1. The minimum atomic E-state index is -1.21. The molecule has 6 nitrogen and oxygen atoms in total. The summed E-state index contributed by atoms with van der Waals surface area (Å²) in [4.78, 5) is 38.7. The molecule has 1 saturated heterocycles. The summed E-state index contributed by atoms with van der Waals surface area (Å²) in [6.07, 6.45) is 0. The van der Waals surface area contributed by atoms with Gasteiger partial charge >= 0.3 is 12.0 Å². The maximum Gasteiger partial charge on any atom is 0.326 e. The molecular weight excluding hydrogens is 380 g/mol. The number of fused-ring (bicyclic) bond motifs is 1. The van der Waals surface area contributed by atoms with E-state index in [0.717, 1.165) is 26.8 Å². The van der Waals surface area contributed by atoms with Crippen LogP contribution in [0.25, 0.3) is 10.8 Å². The van der Waals surface area contributed by atoms with Crippen molar-refractivity contribution in [2.24, 2.45) is 0 Å². The van der Waals surface area contributed by atoms with Gasteiger partial charge in [0.25, 0.3) is 5.91 Å². The van der Waals surface area contributed by atoms with Crippen LogP contribution >= 0.6 is 0 Å². The first-order valence-corrected chi connectivity index (χ1v) is 9.72. The van der Waals surface area contributed by atoms with E-state index in [1.165, 1.54) is 0 Å². The number of nitrogens with zero attached hydrogens (tertiary/aromatic N) is 1. The Bertz CT molecular complexity index is 1130. The van der Waals surface area contributed by atoms with Crippen LogP contribution in [0.15, 0.2) is 66.7 Å². The van der Waals surface area contributed by atoms with Crippen LogP contribution in [-0.2, 0) is 26.5 Å². The van der Waals surface area contributed by atoms with Gasteiger partial charge in [0.15, 0.2) is 0 Å². The number of aryl methyl sites for hydroxylation is 1. The summed E-state index contributed by atoms with van der Waals surface area (Å²) in [7, 11) is 0. The van der Waals surface area contributed by atoms with Crippen LogP contribution in [0.1, 0.15) is 23.6 Å². The van der Waals surface area contributed by atoms with Crippen molar-refractivity contribution in [2.75, 3.05) is 6.54 Å². The van der Waals surface area contributed by atoms with Gasteiger partial charge in [0.1, 0.15) is 18.7 Å². The fraction of sp³-hybridized carbons (Fsp3) is 0.208. The molecule has 0 unspecified atom stereocenters. The topological polar surface area (TPSA) is 75.7 Å². The van der Waals surface area contributed by atoms with Crippen molar-refractivity contribution in [1.29, 1.82) is 0 Å². The zero-order chi connectivity index (χ0) is 21.3. The van der Waals surface area contributed by atoms with Crippen LogP contribution in [-0.4, -0.2) is 29.4 Å². The Kier molecular flexibility index (Phi) is 4.99. The van der Waals surface area contributed by atoms with Gasteiger partial charge in [-0.1, -0.05) is 72.3 Å². The number of amides is 3. The Balaban J connectivity index is 1.45. The van der Waals surface area contributed by atoms with Crippen molar-refractivity contribution in [3.8, 4) is 0 Å². The van der Waals surface area contributed by atoms with Gasteiger partial charge in [-0.3, -0.25) is 14.5 Å². The third kappa shape index (κ3) is 3.52. The van der Waals surface area contributed by atoms with Crippen LogP contribution in [0.3, 0.4) is 0 Å². The molecule has 3 amide bonds. The molecule has 0 aromatic heterocycles. The highest BCUT2D eigenvalue weighted by Gasteiger charge is 2.49. The summed E-state index contributed by atoms with van der Waals surface area (Å²) < 4.78 is 5.37. The molecule has 0 radical (unpaired) electrons. The zero-order valence-electron chi connectivity index (χ0n) is 16.8. The maximum absolute atomic E-state index is 12.9. The Hall–Kier alpha value is -3.67. The van der Waals surface area contributed by atoms with E-state index in [4.69, 9.17) is 4.74 Å². The Morgan fingerprint density at radius 1 is 1.00 bits per heavy atom. The van der Waals surface area contributed by atoms with E-state index < -0.39 is 30.0 Å². The molecule has 1 atom stereocenters. The molecule has 1 aliphatic heterocycles. The number of carbonyl (C=O) groups excluding carboxylic acids is 3. The van der Waals surface area contributed by atoms with Crippen molar-refractivity contribution in [3.63, 3.8) is 0 Å². The van der Waals surface area contributed by atoms with E-state index in [0.29, 0.717) is 5.56 Å². The van der Waals surface area contributed by atoms with E-state index in [2.05, 4.69) is 5.32 Å². The molecule has 0 saturated carbocycles. The number of benzene rings is 3. The quantitative estimate of drug-likeness (QED) is 0.522. The predicted octanol–water partition coefficient (Wildman–Crippen LogP) is 3.66. The van der Waals surface area contributed by atoms with Crippen LogP contribution < -0.4 is 5.32 Å². The minimum absolute atomic E-state index is 0.0685. The van der Waals surface area contributed by atoms with Gasteiger partial charge in [0.05, 0.1) is 0 Å². The number of esters is 1. The summed E-state index contributed by atoms with van der Waals surface area (Å²) >= 11 is 0. The third-order valence-electron chi connectivity index (χ3n) is 5.46. The van der Waals surface area contributed by atoms with E-state index in [9.17, 15) is 14.4 Å². The molecule has 3 aromatic rings. The van der Waals surface area contributed by atoms with Crippen LogP contribution in [0.5, 0.6) is 0 Å². The zero-order valence-corrected chi connectivity index (χ0v) is 16.8. The second kappa shape index (κ2) is 7.63. The van der Waals surface area contributed by atoms with Crippen molar-refractivity contribution in [3.05, 3.63) is 83.4 Å². The third-order valence-corrected chi connectivity index (χ3v) is 5.46. The average Bonchev–Trinajstić information content (AvgIpc) is 2.96. The van der Waals surface area contributed by atoms with Gasteiger partial charge in [-0.05, 0) is 35.7 Å². The second-order valence-electron chi connectivity index (χ2n) is 7.61. The van der Waals surface area contributed by atoms with Crippen molar-refractivity contribution >= 4 is 28.7 Å². The molecule has 30 heavy (non-hydrogen) atoms. The molecule has 0 aliphatic carbocycles. The highest BCUT2D eigenvalue weighted by molar-refractivity contribution is 6.08. The van der Waals surface area contributed by atoms with E-state index in [1.807, 2.05) is 61.5 Å². The number of hydrogen-bond acceptors (Lipinski definition) is 4. The molecule has 3 aromatic carbocycles. The number of nitrogens with one attached hydrogen (secondary N) is 1. The number of hydrogen-bond donors (Lipinski definition) is 1. The lowest BCUT2D eigenvalue weighted by atomic mass is 9.91. The summed E-state index contributed by atoms with van der Waals surface area (Å²) in [6.45, 7) is 3.22.